The molecule has 4 aromatic heterocycles. The molecular formula is C55H34IN3S2. The average Bonchev–Trinajstić information content (AvgIpc) is 4.07. The number of halogens is 1. The van der Waals surface area contributed by atoms with Gasteiger partial charge in [0.1, 0.15) is 0 Å². The van der Waals surface area contributed by atoms with Crippen LogP contribution >= 0.6 is 45.3 Å². The van der Waals surface area contributed by atoms with E-state index in [0.717, 1.165) is 53.5 Å². The van der Waals surface area contributed by atoms with Crippen molar-refractivity contribution >= 4 is 144 Å². The first-order valence-corrected chi connectivity index (χ1v) is 23.2. The van der Waals surface area contributed by atoms with Gasteiger partial charge in [0.25, 0.3) is 0 Å². The Bertz CT molecular complexity index is 3740. The average molecular weight is 928 g/mol. The van der Waals surface area contributed by atoms with Crippen LogP contribution in [0, 0.1) is 11.3 Å². The van der Waals surface area contributed by atoms with Crippen molar-refractivity contribution in [3.8, 4) is 17.2 Å². The number of nitriles is 1. The lowest BCUT2D eigenvalue weighted by atomic mass is 9.98. The molecule has 3 nitrogen and oxygen atoms in total. The van der Waals surface area contributed by atoms with Crippen molar-refractivity contribution in [2.45, 2.75) is 13.3 Å². The van der Waals surface area contributed by atoms with Gasteiger partial charge < -0.3 is 9.13 Å². The highest BCUT2D eigenvalue weighted by Crippen LogP contribution is 2.51. The van der Waals surface area contributed by atoms with Crippen LogP contribution in [-0.4, -0.2) is 9.13 Å². The normalized spacial score (nSPS) is 13.0. The lowest BCUT2D eigenvalue weighted by Gasteiger charge is -2.22. The maximum absolute atomic E-state index is 11.3. The minimum Gasteiger partial charge on any atom is -0.308 e. The Hall–Kier alpha value is -6.50. The van der Waals surface area contributed by atoms with E-state index < -0.39 is 0 Å². The third-order valence-corrected chi connectivity index (χ3v) is 15.7. The Labute approximate surface area is 373 Å². The van der Waals surface area contributed by atoms with Crippen LogP contribution in [0.25, 0.3) is 110 Å². The highest BCUT2D eigenvalue weighted by molar-refractivity contribution is 14.1. The Morgan fingerprint density at radius 2 is 1.03 bits per heavy atom. The molecular weight excluding hydrogens is 894 g/mol. The van der Waals surface area contributed by atoms with Crippen LogP contribution in [-0.2, 0) is 0 Å². The van der Waals surface area contributed by atoms with Gasteiger partial charge in [0.05, 0.1) is 52.5 Å². The van der Waals surface area contributed by atoms with Crippen LogP contribution in [0.4, 0.5) is 0 Å². The van der Waals surface area contributed by atoms with Gasteiger partial charge in [0.15, 0.2) is 0 Å². The maximum Gasteiger partial charge on any atom is 0.0969 e. The molecule has 61 heavy (non-hydrogen) atoms. The number of nitrogens with zero attached hydrogens (tertiary/aromatic N) is 3. The number of hydrogen-bond donors (Lipinski definition) is 0. The smallest absolute Gasteiger partial charge is 0.0969 e. The van der Waals surface area contributed by atoms with Crippen molar-refractivity contribution in [1.29, 1.82) is 5.26 Å². The molecule has 0 aliphatic heterocycles. The fourth-order valence-electron chi connectivity index (χ4n) is 9.53. The molecule has 0 fully saturated rings. The van der Waals surface area contributed by atoms with E-state index in [1.165, 1.54) is 67.7 Å². The van der Waals surface area contributed by atoms with E-state index in [9.17, 15) is 5.26 Å². The third kappa shape index (κ3) is 5.44. The van der Waals surface area contributed by atoms with Crippen molar-refractivity contribution < 1.29 is 0 Å². The van der Waals surface area contributed by atoms with Gasteiger partial charge in [-0.2, -0.15) is 5.26 Å². The summed E-state index contributed by atoms with van der Waals surface area (Å²) in [6, 6.07) is 66.4. The molecule has 8 aromatic carbocycles. The lowest BCUT2D eigenvalue weighted by Crippen LogP contribution is -2.07. The summed E-state index contributed by atoms with van der Waals surface area (Å²) < 4.78 is 11.0. The van der Waals surface area contributed by atoms with Gasteiger partial charge >= 0.3 is 0 Å². The van der Waals surface area contributed by atoms with Crippen molar-refractivity contribution in [1.82, 2.24) is 9.13 Å². The molecule has 0 atom stereocenters. The molecule has 0 N–H and O–H groups in total. The summed E-state index contributed by atoms with van der Waals surface area (Å²) in [6.45, 7) is 2.11. The van der Waals surface area contributed by atoms with Gasteiger partial charge in [-0.25, -0.2) is 0 Å². The number of rotatable bonds is 6. The first-order valence-electron chi connectivity index (χ1n) is 20.5. The van der Waals surface area contributed by atoms with Crippen molar-refractivity contribution in [2.24, 2.45) is 0 Å². The highest BCUT2D eigenvalue weighted by atomic mass is 127. The number of hydrogen-bond acceptors (Lipinski definition) is 3. The number of allylic oxidation sites excluding steroid dienone is 3. The van der Waals surface area contributed by atoms with Crippen molar-refractivity contribution in [2.75, 3.05) is 0 Å². The Morgan fingerprint density at radius 3 is 1.64 bits per heavy atom. The second-order valence-corrected chi connectivity index (χ2v) is 18.6. The van der Waals surface area contributed by atoms with Crippen molar-refractivity contribution in [3.05, 3.63) is 187 Å². The standard InChI is InChI=1S/C55H34IN3S2/c1-2-33(32-57)50(58-45-22-12-9-19-37(45)44-31-36(25-30-46(44)58)34-15-5-3-6-16-34)49(35-17-7-4-8-18-35)55(56)59-51-40(26-28-42-38-20-10-13-23-47(38)60-53(42)51)41-27-29-43-39-21-11-14-24-48(39)61-54(43)52(41)59/h3-31H,2H2,1H3/b50-33-,55-49+. The molecule has 0 bridgehead atoms. The topological polar surface area (TPSA) is 33.6 Å². The molecule has 12 aromatic rings. The number of fused-ring (bicyclic) bond motifs is 14. The second-order valence-electron chi connectivity index (χ2n) is 15.5. The van der Waals surface area contributed by atoms with Gasteiger partial charge in [-0.15, -0.1) is 22.7 Å². The van der Waals surface area contributed by atoms with Gasteiger partial charge in [0.2, 0.25) is 0 Å². The van der Waals surface area contributed by atoms with Crippen molar-refractivity contribution in [3.63, 3.8) is 0 Å². The van der Waals surface area contributed by atoms with Gasteiger partial charge in [-0.1, -0.05) is 153 Å². The summed E-state index contributed by atoms with van der Waals surface area (Å²) in [4.78, 5) is 0. The molecule has 12 rings (SSSR count). The van der Waals surface area contributed by atoms with Crippen LogP contribution in [0.2, 0.25) is 0 Å². The van der Waals surface area contributed by atoms with Crippen LogP contribution < -0.4 is 0 Å². The molecule has 0 aliphatic carbocycles. The lowest BCUT2D eigenvalue weighted by molar-refractivity contribution is 1.11. The Balaban J connectivity index is 1.28. The van der Waals surface area contributed by atoms with E-state index in [1.807, 2.05) is 22.7 Å². The summed E-state index contributed by atoms with van der Waals surface area (Å²) in [6.07, 6.45) is 0.566. The minimum atomic E-state index is 0.566. The second kappa shape index (κ2) is 14.3. The van der Waals surface area contributed by atoms with E-state index in [-0.39, 0.29) is 0 Å². The molecule has 0 saturated heterocycles. The number of para-hydroxylation sites is 1. The molecule has 0 saturated carbocycles. The number of thiophene rings is 2. The molecule has 4 heterocycles. The van der Waals surface area contributed by atoms with E-state index in [1.54, 1.807) is 0 Å². The van der Waals surface area contributed by atoms with E-state index in [0.29, 0.717) is 6.42 Å². The van der Waals surface area contributed by atoms with Gasteiger partial charge in [0, 0.05) is 58.1 Å². The zero-order chi connectivity index (χ0) is 40.8. The summed E-state index contributed by atoms with van der Waals surface area (Å²) in [7, 11) is 0. The largest absolute Gasteiger partial charge is 0.308 e. The van der Waals surface area contributed by atoms with E-state index in [2.05, 4.69) is 221 Å². The van der Waals surface area contributed by atoms with Crippen LogP contribution in [0.1, 0.15) is 18.9 Å². The summed E-state index contributed by atoms with van der Waals surface area (Å²) >= 11 is 6.36. The minimum absolute atomic E-state index is 0.566. The molecule has 288 valence electrons. The predicted octanol–water partition coefficient (Wildman–Crippen LogP) is 16.9. The molecule has 0 aliphatic rings. The quantitative estimate of drug-likeness (QED) is 0.0929. The van der Waals surface area contributed by atoms with Gasteiger partial charge in [-0.3, -0.25) is 0 Å². The SMILES string of the molecule is CC/C(C#N)=C(\C(=C(/I)n1c2c(ccc3c4ccccc4sc32)c2ccc3c4ccccc4sc3c21)c1ccccc1)n1c2ccccc2c2cc(-c3ccccc3)ccc21. The van der Waals surface area contributed by atoms with E-state index >= 15 is 0 Å². The number of aromatic nitrogens is 2. The molecule has 6 heteroatoms. The van der Waals surface area contributed by atoms with Crippen LogP contribution in [0.3, 0.4) is 0 Å². The molecule has 0 spiro atoms. The zero-order valence-corrected chi connectivity index (χ0v) is 36.8. The maximum atomic E-state index is 11.3. The first kappa shape index (κ1) is 36.4. The predicted molar refractivity (Wildman–Crippen MR) is 273 cm³/mol. The van der Waals surface area contributed by atoms with Crippen LogP contribution in [0.5, 0.6) is 0 Å². The first-order chi connectivity index (χ1) is 30.1. The van der Waals surface area contributed by atoms with Gasteiger partial charge in [-0.05, 0) is 76.0 Å². The Kier molecular flexibility index (Phi) is 8.53. The fraction of sp³-hybridized carbons (Fsp3) is 0.0364. The monoisotopic (exact) mass is 927 g/mol. The summed E-state index contributed by atoms with van der Waals surface area (Å²) in [5.41, 5.74) is 10.6. The molecule has 0 radical (unpaired) electrons. The number of benzene rings is 8. The van der Waals surface area contributed by atoms with E-state index in [4.69, 9.17) is 0 Å². The molecule has 0 unspecified atom stereocenters. The zero-order valence-electron chi connectivity index (χ0n) is 33.0. The third-order valence-electron chi connectivity index (χ3n) is 12.3. The fourth-order valence-corrected chi connectivity index (χ4v) is 13.1. The molecule has 0 amide bonds. The summed E-state index contributed by atoms with van der Waals surface area (Å²) in [5, 5.41) is 21.1. The Morgan fingerprint density at radius 1 is 0.508 bits per heavy atom. The highest BCUT2D eigenvalue weighted by Gasteiger charge is 2.28. The van der Waals surface area contributed by atoms with Crippen LogP contribution in [0.15, 0.2) is 181 Å². The summed E-state index contributed by atoms with van der Waals surface area (Å²) in [5.74, 6) is 0.